The van der Waals surface area contributed by atoms with Crippen LogP contribution in [0, 0.1) is 5.41 Å². The summed E-state index contributed by atoms with van der Waals surface area (Å²) in [6.45, 7) is 0.430. The van der Waals surface area contributed by atoms with E-state index >= 15 is 0 Å². The Morgan fingerprint density at radius 1 is 1.16 bits per heavy atom. The molecule has 1 aliphatic rings. The first-order valence-corrected chi connectivity index (χ1v) is 8.02. The van der Waals surface area contributed by atoms with Crippen LogP contribution < -0.4 is 5.73 Å². The number of nitrogens with two attached hydrogens (primary N) is 1. The normalized spacial score (nSPS) is 18.9. The molecule has 0 unspecified atom stereocenters. The molecule has 0 aliphatic heterocycles. The number of esters is 2. The Bertz CT molecular complexity index is 591. The standard InChI is InChI=1S/C18H25NO5.ClH/c1-22-10-6-9-18(16(20)23-2,17(21)24-3)15-13-8-5-4-7-12(13)11-14(15)19;/h4-5,7-8,14-15H,6,9-11,19H2,1-3H3;1H/t14-,15-;/m1./s1. The summed E-state index contributed by atoms with van der Waals surface area (Å²) >= 11 is 0. The summed E-state index contributed by atoms with van der Waals surface area (Å²) < 4.78 is 15.1. The van der Waals surface area contributed by atoms with Crippen LogP contribution in [0.25, 0.3) is 0 Å². The van der Waals surface area contributed by atoms with Gasteiger partial charge in [-0.15, -0.1) is 12.4 Å². The highest BCUT2D eigenvalue weighted by atomic mass is 35.5. The number of hydrogen-bond acceptors (Lipinski definition) is 6. The summed E-state index contributed by atoms with van der Waals surface area (Å²) in [5, 5.41) is 0. The largest absolute Gasteiger partial charge is 0.468 e. The second-order valence-electron chi connectivity index (χ2n) is 6.10. The van der Waals surface area contributed by atoms with Gasteiger partial charge in [-0.25, -0.2) is 0 Å². The molecule has 1 aromatic rings. The molecule has 0 spiro atoms. The summed E-state index contributed by atoms with van der Waals surface area (Å²) in [4.78, 5) is 25.5. The van der Waals surface area contributed by atoms with Crippen LogP contribution in [0.4, 0.5) is 0 Å². The smallest absolute Gasteiger partial charge is 0.323 e. The van der Waals surface area contributed by atoms with Crippen molar-refractivity contribution < 1.29 is 23.8 Å². The van der Waals surface area contributed by atoms with Gasteiger partial charge >= 0.3 is 11.9 Å². The molecule has 2 N–H and O–H groups in total. The molecule has 2 atom stereocenters. The SMILES string of the molecule is COCCCC(C(=O)OC)(C(=O)OC)[C@@H]1c2ccccc2C[C@H]1N.Cl. The summed E-state index contributed by atoms with van der Waals surface area (Å²) in [5.41, 5.74) is 6.86. The zero-order chi connectivity index (χ0) is 17.7. The Morgan fingerprint density at radius 2 is 1.76 bits per heavy atom. The molecule has 140 valence electrons. The average Bonchev–Trinajstić information content (AvgIpc) is 2.94. The van der Waals surface area contributed by atoms with Crippen molar-refractivity contribution in [3.8, 4) is 0 Å². The number of carbonyl (C=O) groups is 2. The van der Waals surface area contributed by atoms with Crippen LogP contribution in [0.1, 0.15) is 29.9 Å². The molecule has 1 aromatic carbocycles. The molecule has 25 heavy (non-hydrogen) atoms. The number of ether oxygens (including phenoxy) is 3. The van der Waals surface area contributed by atoms with E-state index in [1.165, 1.54) is 14.2 Å². The highest BCUT2D eigenvalue weighted by Crippen LogP contribution is 2.49. The van der Waals surface area contributed by atoms with Gasteiger partial charge in [0.25, 0.3) is 0 Å². The highest BCUT2D eigenvalue weighted by molar-refractivity contribution is 6.01. The molecule has 0 fully saturated rings. The molecule has 0 saturated heterocycles. The van der Waals surface area contributed by atoms with E-state index in [1.54, 1.807) is 7.11 Å². The average molecular weight is 372 g/mol. The van der Waals surface area contributed by atoms with Gasteiger partial charge in [0.1, 0.15) is 0 Å². The molecule has 0 aromatic heterocycles. The number of benzene rings is 1. The van der Waals surface area contributed by atoms with Crippen LogP contribution in [0.15, 0.2) is 24.3 Å². The van der Waals surface area contributed by atoms with Crippen LogP contribution in [0.2, 0.25) is 0 Å². The van der Waals surface area contributed by atoms with Gasteiger partial charge in [0.2, 0.25) is 0 Å². The molecule has 0 bridgehead atoms. The summed E-state index contributed by atoms with van der Waals surface area (Å²) in [6.07, 6.45) is 1.39. The van der Waals surface area contributed by atoms with Gasteiger partial charge in [0.15, 0.2) is 5.41 Å². The first-order valence-electron chi connectivity index (χ1n) is 8.02. The maximum absolute atomic E-state index is 12.8. The topological polar surface area (TPSA) is 87.8 Å². The fraction of sp³-hybridized carbons (Fsp3) is 0.556. The molecular weight excluding hydrogens is 346 g/mol. The van der Waals surface area contributed by atoms with Gasteiger partial charge in [-0.1, -0.05) is 24.3 Å². The Labute approximate surface area is 154 Å². The quantitative estimate of drug-likeness (QED) is 0.447. The van der Waals surface area contributed by atoms with Gasteiger partial charge in [-0.05, 0) is 30.4 Å². The lowest BCUT2D eigenvalue weighted by atomic mass is 9.68. The van der Waals surface area contributed by atoms with Crippen molar-refractivity contribution in [2.75, 3.05) is 27.9 Å². The third-order valence-corrected chi connectivity index (χ3v) is 4.82. The fourth-order valence-corrected chi connectivity index (χ4v) is 3.81. The highest BCUT2D eigenvalue weighted by Gasteiger charge is 2.58. The lowest BCUT2D eigenvalue weighted by molar-refractivity contribution is -0.172. The van der Waals surface area contributed by atoms with Crippen molar-refractivity contribution in [3.63, 3.8) is 0 Å². The Balaban J connectivity index is 0.00000312. The van der Waals surface area contributed by atoms with E-state index in [2.05, 4.69) is 0 Å². The number of halogens is 1. The van der Waals surface area contributed by atoms with Crippen molar-refractivity contribution in [1.29, 1.82) is 0 Å². The second kappa shape index (κ2) is 9.17. The molecule has 0 radical (unpaired) electrons. The zero-order valence-electron chi connectivity index (χ0n) is 14.8. The van der Waals surface area contributed by atoms with E-state index in [0.717, 1.165) is 11.1 Å². The third-order valence-electron chi connectivity index (χ3n) is 4.82. The maximum atomic E-state index is 12.8. The second-order valence-corrected chi connectivity index (χ2v) is 6.10. The van der Waals surface area contributed by atoms with Crippen LogP contribution in [-0.2, 0) is 30.2 Å². The molecule has 2 rings (SSSR count). The Morgan fingerprint density at radius 3 is 2.32 bits per heavy atom. The Hall–Kier alpha value is -1.63. The molecule has 6 nitrogen and oxygen atoms in total. The van der Waals surface area contributed by atoms with Crippen molar-refractivity contribution in [3.05, 3.63) is 35.4 Å². The Kier molecular flexibility index (Phi) is 7.86. The predicted molar refractivity (Wildman–Crippen MR) is 95.7 cm³/mol. The van der Waals surface area contributed by atoms with Crippen LogP contribution in [0.5, 0.6) is 0 Å². The third kappa shape index (κ3) is 3.81. The van der Waals surface area contributed by atoms with Gasteiger partial charge in [-0.2, -0.15) is 0 Å². The lowest BCUT2D eigenvalue weighted by Gasteiger charge is -2.36. The first-order chi connectivity index (χ1) is 11.5. The molecular formula is C18H26ClNO5. The van der Waals surface area contributed by atoms with Crippen LogP contribution >= 0.6 is 12.4 Å². The van der Waals surface area contributed by atoms with E-state index in [-0.39, 0.29) is 24.9 Å². The zero-order valence-corrected chi connectivity index (χ0v) is 15.6. The van der Waals surface area contributed by atoms with E-state index in [0.29, 0.717) is 19.4 Å². The number of hydrogen-bond donors (Lipinski definition) is 1. The monoisotopic (exact) mass is 371 g/mol. The lowest BCUT2D eigenvalue weighted by Crippen LogP contribution is -2.50. The van der Waals surface area contributed by atoms with Gasteiger partial charge in [0.05, 0.1) is 14.2 Å². The van der Waals surface area contributed by atoms with E-state index in [1.807, 2.05) is 24.3 Å². The van der Waals surface area contributed by atoms with Crippen molar-refractivity contribution in [1.82, 2.24) is 0 Å². The molecule has 7 heteroatoms. The minimum absolute atomic E-state index is 0. The summed E-state index contributed by atoms with van der Waals surface area (Å²) in [6, 6.07) is 7.35. The maximum Gasteiger partial charge on any atom is 0.323 e. The van der Waals surface area contributed by atoms with E-state index in [9.17, 15) is 9.59 Å². The molecule has 0 saturated carbocycles. The van der Waals surface area contributed by atoms with Gasteiger partial charge in [-0.3, -0.25) is 9.59 Å². The minimum atomic E-state index is -1.46. The molecule has 0 heterocycles. The number of fused-ring (bicyclic) bond motifs is 1. The fourth-order valence-electron chi connectivity index (χ4n) is 3.81. The van der Waals surface area contributed by atoms with E-state index < -0.39 is 23.3 Å². The molecule has 0 amide bonds. The van der Waals surface area contributed by atoms with Crippen molar-refractivity contribution in [2.45, 2.75) is 31.2 Å². The van der Waals surface area contributed by atoms with E-state index in [4.69, 9.17) is 19.9 Å². The van der Waals surface area contributed by atoms with Gasteiger partial charge in [0, 0.05) is 25.7 Å². The number of methoxy groups -OCH3 is 3. The van der Waals surface area contributed by atoms with Crippen molar-refractivity contribution >= 4 is 24.3 Å². The first kappa shape index (κ1) is 21.4. The van der Waals surface area contributed by atoms with Gasteiger partial charge < -0.3 is 19.9 Å². The van der Waals surface area contributed by atoms with Crippen LogP contribution in [-0.4, -0.2) is 45.9 Å². The summed E-state index contributed by atoms with van der Waals surface area (Å²) in [5.74, 6) is -1.70. The summed E-state index contributed by atoms with van der Waals surface area (Å²) in [7, 11) is 4.14. The number of carbonyl (C=O) groups excluding carboxylic acids is 2. The van der Waals surface area contributed by atoms with Crippen LogP contribution in [0.3, 0.4) is 0 Å². The van der Waals surface area contributed by atoms with Crippen molar-refractivity contribution in [2.24, 2.45) is 11.1 Å². The number of rotatable bonds is 7. The minimum Gasteiger partial charge on any atom is -0.468 e. The predicted octanol–water partition coefficient (Wildman–Crippen LogP) is 1.83. The molecule has 1 aliphatic carbocycles.